The van der Waals surface area contributed by atoms with Crippen LogP contribution in [0.1, 0.15) is 24.2 Å². The monoisotopic (exact) mass is 337 g/mol. The highest BCUT2D eigenvalue weighted by Crippen LogP contribution is 2.24. The van der Waals surface area contributed by atoms with Gasteiger partial charge in [0.05, 0.1) is 26.4 Å². The molecule has 0 bridgehead atoms. The fourth-order valence-corrected chi connectivity index (χ4v) is 2.65. The molecule has 132 valence electrons. The first-order valence-corrected chi connectivity index (χ1v) is 7.77. The summed E-state index contributed by atoms with van der Waals surface area (Å²) in [5.74, 6) is -0.00700. The number of methoxy groups -OCH3 is 2. The largest absolute Gasteiger partial charge is 0.497 e. The van der Waals surface area contributed by atoms with E-state index in [1.807, 2.05) is 13.8 Å². The predicted molar refractivity (Wildman–Crippen MR) is 86.4 cm³/mol. The zero-order valence-corrected chi connectivity index (χ0v) is 14.4. The van der Waals surface area contributed by atoms with E-state index in [9.17, 15) is 9.59 Å². The predicted octanol–water partition coefficient (Wildman–Crippen LogP) is 1.50. The molecule has 0 radical (unpaired) electrons. The molecule has 1 amide bonds. The van der Waals surface area contributed by atoms with E-state index in [2.05, 4.69) is 0 Å². The highest BCUT2D eigenvalue weighted by molar-refractivity contribution is 5.94. The summed E-state index contributed by atoms with van der Waals surface area (Å²) < 4.78 is 21.0. The van der Waals surface area contributed by atoms with Crippen LogP contribution in [0.3, 0.4) is 0 Å². The Morgan fingerprint density at radius 3 is 2.42 bits per heavy atom. The number of nitrogens with zero attached hydrogens (tertiary/aromatic N) is 1. The average molecular weight is 337 g/mol. The van der Waals surface area contributed by atoms with Crippen LogP contribution in [0.25, 0.3) is 0 Å². The van der Waals surface area contributed by atoms with Crippen molar-refractivity contribution in [3.8, 4) is 11.5 Å². The quantitative estimate of drug-likeness (QED) is 0.758. The number of morpholine rings is 1. The number of amides is 1. The summed E-state index contributed by atoms with van der Waals surface area (Å²) in [7, 11) is 2.96. The van der Waals surface area contributed by atoms with E-state index < -0.39 is 5.97 Å². The summed E-state index contributed by atoms with van der Waals surface area (Å²) in [5.41, 5.74) is 0.216. The van der Waals surface area contributed by atoms with Gasteiger partial charge in [0.25, 0.3) is 5.91 Å². The minimum Gasteiger partial charge on any atom is -0.497 e. The van der Waals surface area contributed by atoms with Crippen LogP contribution in [0.2, 0.25) is 0 Å². The van der Waals surface area contributed by atoms with Crippen LogP contribution in [-0.4, -0.2) is 62.9 Å². The van der Waals surface area contributed by atoms with Crippen molar-refractivity contribution in [2.24, 2.45) is 0 Å². The van der Waals surface area contributed by atoms with Crippen molar-refractivity contribution in [2.75, 3.05) is 33.9 Å². The van der Waals surface area contributed by atoms with Crippen LogP contribution in [0.5, 0.6) is 11.5 Å². The van der Waals surface area contributed by atoms with E-state index in [1.54, 1.807) is 17.0 Å². The van der Waals surface area contributed by atoms with Gasteiger partial charge in [0.2, 0.25) is 0 Å². The zero-order chi connectivity index (χ0) is 17.7. The fourth-order valence-electron chi connectivity index (χ4n) is 2.65. The Kier molecular flexibility index (Phi) is 6.03. The first kappa shape index (κ1) is 18.1. The van der Waals surface area contributed by atoms with Crippen LogP contribution in [0.4, 0.5) is 0 Å². The lowest BCUT2D eigenvalue weighted by Crippen LogP contribution is -2.49. The Morgan fingerprint density at radius 1 is 1.17 bits per heavy atom. The van der Waals surface area contributed by atoms with E-state index in [0.29, 0.717) is 24.6 Å². The molecule has 0 aromatic heterocycles. The van der Waals surface area contributed by atoms with E-state index in [-0.39, 0.29) is 30.3 Å². The maximum Gasteiger partial charge on any atom is 0.342 e. The van der Waals surface area contributed by atoms with Gasteiger partial charge < -0.3 is 23.8 Å². The van der Waals surface area contributed by atoms with Gasteiger partial charge in [0.15, 0.2) is 6.61 Å². The number of ether oxygens (including phenoxy) is 4. The SMILES string of the molecule is COc1ccc(OC)c(C(=O)OCC(=O)N2C[C@H](C)O[C@@H](C)C2)c1. The molecule has 7 heteroatoms. The highest BCUT2D eigenvalue weighted by atomic mass is 16.5. The molecule has 0 N–H and O–H groups in total. The lowest BCUT2D eigenvalue weighted by Gasteiger charge is -2.35. The standard InChI is InChI=1S/C17H23NO6/c1-11-8-18(9-12(2)24-11)16(19)10-23-17(20)14-7-13(21-3)5-6-15(14)22-4/h5-7,11-12H,8-10H2,1-4H3/t11-,12-/m0/s1. The van der Waals surface area contributed by atoms with Crippen LogP contribution in [0, 0.1) is 0 Å². The lowest BCUT2D eigenvalue weighted by atomic mass is 10.2. The molecule has 24 heavy (non-hydrogen) atoms. The van der Waals surface area contributed by atoms with Gasteiger partial charge in [0.1, 0.15) is 17.1 Å². The molecule has 2 rings (SSSR count). The molecular formula is C17H23NO6. The molecule has 2 atom stereocenters. The first-order chi connectivity index (χ1) is 11.4. The maximum absolute atomic E-state index is 12.3. The molecule has 1 saturated heterocycles. The van der Waals surface area contributed by atoms with Crippen molar-refractivity contribution in [3.05, 3.63) is 23.8 Å². The van der Waals surface area contributed by atoms with Crippen LogP contribution in [-0.2, 0) is 14.3 Å². The second-order valence-corrected chi connectivity index (χ2v) is 5.70. The number of carbonyl (C=O) groups is 2. The second-order valence-electron chi connectivity index (χ2n) is 5.70. The highest BCUT2D eigenvalue weighted by Gasteiger charge is 2.27. The van der Waals surface area contributed by atoms with E-state index in [1.165, 1.54) is 20.3 Å². The third-order valence-electron chi connectivity index (χ3n) is 3.73. The molecule has 1 aromatic rings. The molecule has 1 aliphatic rings. The first-order valence-electron chi connectivity index (χ1n) is 7.77. The molecule has 1 fully saturated rings. The molecule has 0 spiro atoms. The van der Waals surface area contributed by atoms with Gasteiger partial charge in [0, 0.05) is 13.1 Å². The van der Waals surface area contributed by atoms with Crippen molar-refractivity contribution in [1.82, 2.24) is 4.90 Å². The summed E-state index contributed by atoms with van der Waals surface area (Å²) in [4.78, 5) is 26.1. The Hall–Kier alpha value is -2.28. The average Bonchev–Trinajstić information content (AvgIpc) is 2.57. The number of carbonyl (C=O) groups excluding carboxylic acids is 2. The maximum atomic E-state index is 12.3. The van der Waals surface area contributed by atoms with Crippen LogP contribution < -0.4 is 9.47 Å². The number of rotatable bonds is 5. The molecule has 7 nitrogen and oxygen atoms in total. The molecule has 1 heterocycles. The summed E-state index contributed by atoms with van der Waals surface area (Å²) in [6, 6.07) is 4.81. The van der Waals surface area contributed by atoms with Crippen molar-refractivity contribution >= 4 is 11.9 Å². The molecule has 0 aliphatic carbocycles. The molecule has 0 unspecified atom stereocenters. The van der Waals surface area contributed by atoms with E-state index in [4.69, 9.17) is 18.9 Å². The van der Waals surface area contributed by atoms with E-state index in [0.717, 1.165) is 0 Å². The zero-order valence-electron chi connectivity index (χ0n) is 14.4. The third-order valence-corrected chi connectivity index (χ3v) is 3.73. The van der Waals surface area contributed by atoms with Crippen LogP contribution >= 0.6 is 0 Å². The van der Waals surface area contributed by atoms with Gasteiger partial charge in [-0.3, -0.25) is 4.79 Å². The smallest absolute Gasteiger partial charge is 0.342 e. The van der Waals surface area contributed by atoms with E-state index >= 15 is 0 Å². The molecule has 1 aromatic carbocycles. The van der Waals surface area contributed by atoms with Gasteiger partial charge in [-0.15, -0.1) is 0 Å². The normalized spacial score (nSPS) is 20.4. The topological polar surface area (TPSA) is 74.3 Å². The van der Waals surface area contributed by atoms with Gasteiger partial charge in [-0.25, -0.2) is 4.79 Å². The molecule has 0 saturated carbocycles. The number of benzene rings is 1. The summed E-state index contributed by atoms with van der Waals surface area (Å²) >= 11 is 0. The molecule has 1 aliphatic heterocycles. The number of esters is 1. The minimum absolute atomic E-state index is 0.0353. The second kappa shape index (κ2) is 8.01. The number of hydrogen-bond donors (Lipinski definition) is 0. The molecular weight excluding hydrogens is 314 g/mol. The minimum atomic E-state index is -0.631. The Balaban J connectivity index is 1.99. The third kappa shape index (κ3) is 4.38. The summed E-state index contributed by atoms with van der Waals surface area (Å²) in [6.45, 7) is 4.47. The van der Waals surface area contributed by atoms with Gasteiger partial charge in [-0.2, -0.15) is 0 Å². The van der Waals surface area contributed by atoms with Crippen LogP contribution in [0.15, 0.2) is 18.2 Å². The fraction of sp³-hybridized carbons (Fsp3) is 0.529. The lowest BCUT2D eigenvalue weighted by molar-refractivity contribution is -0.146. The van der Waals surface area contributed by atoms with Gasteiger partial charge in [-0.1, -0.05) is 0 Å². The number of hydrogen-bond acceptors (Lipinski definition) is 6. The van der Waals surface area contributed by atoms with Crippen molar-refractivity contribution in [3.63, 3.8) is 0 Å². The Bertz CT molecular complexity index is 593. The Labute approximate surface area is 141 Å². The summed E-state index contributed by atoms with van der Waals surface area (Å²) in [6.07, 6.45) is -0.0706. The van der Waals surface area contributed by atoms with Crippen molar-refractivity contribution in [2.45, 2.75) is 26.1 Å². The summed E-state index contributed by atoms with van der Waals surface area (Å²) in [5, 5.41) is 0. The van der Waals surface area contributed by atoms with Crippen molar-refractivity contribution in [1.29, 1.82) is 0 Å². The van der Waals surface area contributed by atoms with Gasteiger partial charge >= 0.3 is 5.97 Å². The van der Waals surface area contributed by atoms with Crippen molar-refractivity contribution < 1.29 is 28.5 Å². The Morgan fingerprint density at radius 2 is 1.83 bits per heavy atom. The van der Waals surface area contributed by atoms with Gasteiger partial charge in [-0.05, 0) is 32.0 Å².